The van der Waals surface area contributed by atoms with Gasteiger partial charge in [0.15, 0.2) is 0 Å². The van der Waals surface area contributed by atoms with Crippen LogP contribution in [0.3, 0.4) is 0 Å². The van der Waals surface area contributed by atoms with Crippen molar-refractivity contribution < 1.29 is 93.9 Å². The summed E-state index contributed by atoms with van der Waals surface area (Å²) in [4.78, 5) is 29.1. The van der Waals surface area contributed by atoms with Gasteiger partial charge in [-0.25, -0.2) is 9.59 Å². The molecule has 0 aliphatic rings. The van der Waals surface area contributed by atoms with Crippen molar-refractivity contribution in [2.75, 3.05) is 0 Å². The van der Waals surface area contributed by atoms with E-state index in [0.717, 1.165) is 6.07 Å². The average molecular weight is 272 g/mol. The van der Waals surface area contributed by atoms with Crippen molar-refractivity contribution in [1.82, 2.24) is 0 Å². The first-order chi connectivity index (χ1) is 7.34. The van der Waals surface area contributed by atoms with E-state index in [1.807, 2.05) is 0 Å². The molecule has 18 heavy (non-hydrogen) atoms. The first kappa shape index (κ1) is 22.6. The van der Waals surface area contributed by atoms with E-state index >= 15 is 0 Å². The predicted octanol–water partition coefficient (Wildman–Crippen LogP) is -7.36. The number of rotatable bonds is 2. The van der Waals surface area contributed by atoms with E-state index in [-0.39, 0.29) is 70.2 Å². The normalized spacial score (nSPS) is 7.56. The summed E-state index contributed by atoms with van der Waals surface area (Å²) >= 11 is 0. The molecule has 0 radical (unpaired) electrons. The molecule has 0 atom stereocenters. The van der Waals surface area contributed by atoms with E-state index in [2.05, 4.69) is 0 Å². The van der Waals surface area contributed by atoms with Crippen molar-refractivity contribution in [1.29, 1.82) is 0 Å². The van der Waals surface area contributed by atoms with Gasteiger partial charge in [-0.15, -0.1) is 0 Å². The van der Waals surface area contributed by atoms with E-state index < -0.39 is 18.1 Å². The van der Waals surface area contributed by atoms with E-state index in [0.29, 0.717) is 0 Å². The molecule has 0 bridgehead atoms. The Bertz CT molecular complexity index is 386. The van der Waals surface area contributed by atoms with Crippen LogP contribution in [0.5, 0.6) is 0 Å². The summed E-state index contributed by atoms with van der Waals surface area (Å²) in [5.41, 5.74) is -0.0372. The number of benzene rings is 1. The second kappa shape index (κ2) is 11.5. The van der Waals surface area contributed by atoms with Gasteiger partial charge in [0.25, 0.3) is 0 Å². The van der Waals surface area contributed by atoms with Crippen LogP contribution in [0.1, 0.15) is 20.7 Å². The summed E-state index contributed by atoms with van der Waals surface area (Å²) in [6, 6.07) is 5.20. The Balaban J connectivity index is -0.000000332. The maximum Gasteiger partial charge on any atom is 1.00 e. The number of carboxylic acids is 2. The zero-order valence-corrected chi connectivity index (χ0v) is 13.7. The summed E-state index contributed by atoms with van der Waals surface area (Å²) in [5, 5.41) is 33.7. The molecule has 2 N–H and O–H groups in total. The Morgan fingerprint density at radius 3 is 1.39 bits per heavy atom. The number of carbonyl (C=O) groups is 3. The SMILES string of the molecule is O=C(O)c1cccc(C(=O)O)c1.O=C([O-])[O-].[Na+].[Na+]. The molecule has 0 heterocycles. The third-order valence-corrected chi connectivity index (χ3v) is 1.36. The minimum absolute atomic E-state index is 0. The average Bonchev–Trinajstić information content (AvgIpc) is 2.17. The van der Waals surface area contributed by atoms with Gasteiger partial charge < -0.3 is 25.2 Å². The van der Waals surface area contributed by atoms with Crippen LogP contribution in [0.15, 0.2) is 24.3 Å². The largest absolute Gasteiger partial charge is 1.00 e. The van der Waals surface area contributed by atoms with Crippen LogP contribution in [0, 0.1) is 0 Å². The van der Waals surface area contributed by atoms with Gasteiger partial charge >= 0.3 is 71.1 Å². The Morgan fingerprint density at radius 1 is 0.889 bits per heavy atom. The van der Waals surface area contributed by atoms with Crippen LogP contribution in [-0.4, -0.2) is 28.3 Å². The van der Waals surface area contributed by atoms with Crippen LogP contribution >= 0.6 is 0 Å². The second-order valence-corrected chi connectivity index (χ2v) is 2.44. The first-order valence-electron chi connectivity index (χ1n) is 3.79. The van der Waals surface area contributed by atoms with Gasteiger partial charge in [-0.2, -0.15) is 0 Å². The van der Waals surface area contributed by atoms with E-state index in [1.54, 1.807) is 0 Å². The fraction of sp³-hybridized carbons (Fsp3) is 0. The molecule has 0 aliphatic heterocycles. The zero-order valence-electron chi connectivity index (χ0n) is 9.75. The van der Waals surface area contributed by atoms with Gasteiger partial charge in [0, 0.05) is 0 Å². The molecule has 1 aromatic rings. The van der Waals surface area contributed by atoms with Crippen LogP contribution in [0.4, 0.5) is 4.79 Å². The molecule has 0 aromatic heterocycles. The summed E-state index contributed by atoms with van der Waals surface area (Å²) in [6.07, 6.45) is -2.33. The van der Waals surface area contributed by atoms with Gasteiger partial charge in [-0.3, -0.25) is 0 Å². The van der Waals surface area contributed by atoms with Crippen LogP contribution in [0.2, 0.25) is 0 Å². The second-order valence-electron chi connectivity index (χ2n) is 2.44. The summed E-state index contributed by atoms with van der Waals surface area (Å²) in [6.45, 7) is 0. The van der Waals surface area contributed by atoms with Crippen LogP contribution < -0.4 is 69.3 Å². The van der Waals surface area contributed by atoms with E-state index in [9.17, 15) is 9.59 Å². The van der Waals surface area contributed by atoms with Crippen molar-refractivity contribution >= 4 is 18.1 Å². The quantitative estimate of drug-likeness (QED) is 0.510. The molecule has 86 valence electrons. The Hall–Kier alpha value is -0.570. The van der Waals surface area contributed by atoms with Crippen molar-refractivity contribution in [3.63, 3.8) is 0 Å². The topological polar surface area (TPSA) is 138 Å². The molecule has 1 rings (SSSR count). The number of hydrogen-bond acceptors (Lipinski definition) is 5. The Morgan fingerprint density at radius 2 is 1.17 bits per heavy atom. The fourth-order valence-corrected chi connectivity index (χ4v) is 0.785. The number of aromatic carboxylic acids is 2. The molecular weight excluding hydrogens is 266 g/mol. The maximum atomic E-state index is 10.4. The number of hydrogen-bond donors (Lipinski definition) is 2. The third-order valence-electron chi connectivity index (χ3n) is 1.36. The predicted molar refractivity (Wildman–Crippen MR) is 45.8 cm³/mol. The number of carbonyl (C=O) groups excluding carboxylic acids is 1. The Labute approximate surface area is 146 Å². The summed E-state index contributed by atoms with van der Waals surface area (Å²) < 4.78 is 0. The van der Waals surface area contributed by atoms with Crippen molar-refractivity contribution in [2.24, 2.45) is 0 Å². The molecule has 0 unspecified atom stereocenters. The van der Waals surface area contributed by atoms with Gasteiger partial charge in [-0.05, 0) is 24.4 Å². The molecular formula is C9H6Na2O7. The molecule has 1 aromatic carbocycles. The van der Waals surface area contributed by atoms with Crippen molar-refractivity contribution in [3.8, 4) is 0 Å². The maximum absolute atomic E-state index is 10.4. The van der Waals surface area contributed by atoms with Gasteiger partial charge in [0.1, 0.15) is 0 Å². The molecule has 0 spiro atoms. The summed E-state index contributed by atoms with van der Waals surface area (Å²) in [5.74, 6) is -2.25. The van der Waals surface area contributed by atoms with Crippen molar-refractivity contribution in [2.45, 2.75) is 0 Å². The van der Waals surface area contributed by atoms with E-state index in [4.69, 9.17) is 25.2 Å². The molecule has 0 amide bonds. The zero-order chi connectivity index (χ0) is 12.7. The molecule has 0 saturated carbocycles. The molecule has 0 aliphatic carbocycles. The van der Waals surface area contributed by atoms with Crippen LogP contribution in [-0.2, 0) is 0 Å². The molecule has 0 fully saturated rings. The van der Waals surface area contributed by atoms with Gasteiger partial charge in [-0.1, -0.05) is 6.07 Å². The van der Waals surface area contributed by atoms with Crippen LogP contribution in [0.25, 0.3) is 0 Å². The smallest absolute Gasteiger partial charge is 0.652 e. The van der Waals surface area contributed by atoms with Gasteiger partial charge in [0.05, 0.1) is 11.1 Å². The standard InChI is InChI=1S/C8H6O4.CH2O3.2Na/c9-7(10)5-2-1-3-6(4-5)8(11)12;2-1(3)4;;/h1-4H,(H,9,10)(H,11,12);(H2,2,3,4);;/q;;2*+1/p-2. The summed E-state index contributed by atoms with van der Waals surface area (Å²) in [7, 11) is 0. The third kappa shape index (κ3) is 10.6. The van der Waals surface area contributed by atoms with Gasteiger partial charge in [0.2, 0.25) is 0 Å². The first-order valence-corrected chi connectivity index (χ1v) is 3.79. The minimum atomic E-state index is -2.33. The fourth-order valence-electron chi connectivity index (χ4n) is 0.785. The minimum Gasteiger partial charge on any atom is -0.652 e. The Kier molecular flexibility index (Phi) is 14.5. The number of carboxylic acid groups (broad SMARTS) is 4. The molecule has 0 saturated heterocycles. The monoisotopic (exact) mass is 272 g/mol. The van der Waals surface area contributed by atoms with Crippen molar-refractivity contribution in [3.05, 3.63) is 35.4 Å². The molecule has 7 nitrogen and oxygen atoms in total. The van der Waals surface area contributed by atoms with E-state index in [1.165, 1.54) is 18.2 Å². The molecule has 9 heteroatoms.